The van der Waals surface area contributed by atoms with Crippen LogP contribution >= 0.6 is 15.9 Å². The first-order valence-corrected chi connectivity index (χ1v) is 4.93. The van der Waals surface area contributed by atoms with Gasteiger partial charge in [-0.05, 0) is 22.0 Å². The summed E-state index contributed by atoms with van der Waals surface area (Å²) in [5, 5.41) is 0. The van der Waals surface area contributed by atoms with Gasteiger partial charge in [0, 0.05) is 22.9 Å². The van der Waals surface area contributed by atoms with E-state index in [0.717, 1.165) is 22.7 Å². The van der Waals surface area contributed by atoms with Gasteiger partial charge in [0.2, 0.25) is 0 Å². The maximum Gasteiger partial charge on any atom is 0.420 e. The third-order valence-electron chi connectivity index (χ3n) is 1.96. The summed E-state index contributed by atoms with van der Waals surface area (Å²) >= 11 is 2.92. The van der Waals surface area contributed by atoms with Crippen molar-refractivity contribution in [1.82, 2.24) is 9.38 Å². The third kappa shape index (κ3) is 1.82. The number of alkyl halides is 3. The van der Waals surface area contributed by atoms with Crippen LogP contribution in [0.2, 0.25) is 0 Å². The highest BCUT2D eigenvalue weighted by Crippen LogP contribution is 2.32. The summed E-state index contributed by atoms with van der Waals surface area (Å²) in [7, 11) is 0. The topological polar surface area (TPSA) is 34.4 Å². The normalized spacial score (nSPS) is 12.0. The summed E-state index contributed by atoms with van der Waals surface area (Å²) in [5.41, 5.74) is -1.90. The van der Waals surface area contributed by atoms with Crippen LogP contribution in [0, 0.1) is 0 Å². The van der Waals surface area contributed by atoms with Crippen LogP contribution in [0.4, 0.5) is 13.2 Å². The maximum absolute atomic E-state index is 12.7. The van der Waals surface area contributed by atoms with E-state index < -0.39 is 22.9 Å². The van der Waals surface area contributed by atoms with Crippen molar-refractivity contribution in [2.75, 3.05) is 0 Å². The summed E-state index contributed by atoms with van der Waals surface area (Å²) in [4.78, 5) is 14.9. The Balaban J connectivity index is 2.95. The average molecular weight is 293 g/mol. The van der Waals surface area contributed by atoms with Crippen molar-refractivity contribution in [3.05, 3.63) is 44.9 Å². The predicted molar refractivity (Wildman–Crippen MR) is 54.2 cm³/mol. The van der Waals surface area contributed by atoms with Crippen molar-refractivity contribution in [3.8, 4) is 0 Å². The van der Waals surface area contributed by atoms with Crippen molar-refractivity contribution < 1.29 is 13.2 Å². The van der Waals surface area contributed by atoms with Gasteiger partial charge in [0.25, 0.3) is 5.56 Å². The molecule has 3 nitrogen and oxygen atoms in total. The lowest BCUT2D eigenvalue weighted by atomic mass is 10.2. The Morgan fingerprint density at radius 3 is 2.69 bits per heavy atom. The second-order valence-electron chi connectivity index (χ2n) is 3.05. The summed E-state index contributed by atoms with van der Waals surface area (Å²) in [6.07, 6.45) is -2.24. The van der Waals surface area contributed by atoms with Gasteiger partial charge in [0.05, 0.1) is 5.56 Å². The van der Waals surface area contributed by atoms with E-state index in [4.69, 9.17) is 0 Å². The zero-order valence-electron chi connectivity index (χ0n) is 7.62. The van der Waals surface area contributed by atoms with Crippen LogP contribution in [0.3, 0.4) is 0 Å². The molecule has 0 atom stereocenters. The fourth-order valence-corrected chi connectivity index (χ4v) is 1.75. The molecule has 0 amide bonds. The third-order valence-corrected chi connectivity index (χ3v) is 2.39. The van der Waals surface area contributed by atoms with Crippen LogP contribution in [0.25, 0.3) is 5.65 Å². The lowest BCUT2D eigenvalue weighted by Gasteiger charge is -2.10. The minimum absolute atomic E-state index is 0.169. The largest absolute Gasteiger partial charge is 0.420 e. The van der Waals surface area contributed by atoms with Crippen molar-refractivity contribution >= 4 is 21.6 Å². The molecule has 0 spiro atoms. The van der Waals surface area contributed by atoms with Crippen molar-refractivity contribution in [3.63, 3.8) is 0 Å². The molecule has 2 rings (SSSR count). The Labute approximate surface area is 95.7 Å². The van der Waals surface area contributed by atoms with E-state index in [1.165, 1.54) is 6.20 Å². The Bertz CT molecular complexity index is 606. The molecule has 2 aromatic heterocycles. The molecule has 0 N–H and O–H groups in total. The number of fused-ring (bicyclic) bond motifs is 1. The van der Waals surface area contributed by atoms with Crippen LogP contribution in [0.1, 0.15) is 5.56 Å². The van der Waals surface area contributed by atoms with Gasteiger partial charge in [-0.2, -0.15) is 13.2 Å². The molecule has 0 aliphatic heterocycles. The highest BCUT2D eigenvalue weighted by atomic mass is 79.9. The van der Waals surface area contributed by atoms with E-state index in [0.29, 0.717) is 0 Å². The summed E-state index contributed by atoms with van der Waals surface area (Å²) in [6.45, 7) is 0. The molecular formula is C9H4BrF3N2O. The predicted octanol–water partition coefficient (Wildman–Crippen LogP) is 2.48. The van der Waals surface area contributed by atoms with E-state index in [1.807, 2.05) is 0 Å². The van der Waals surface area contributed by atoms with Crippen molar-refractivity contribution in [1.29, 1.82) is 0 Å². The van der Waals surface area contributed by atoms with Crippen LogP contribution < -0.4 is 5.56 Å². The van der Waals surface area contributed by atoms with Crippen molar-refractivity contribution in [2.45, 2.75) is 6.18 Å². The Morgan fingerprint density at radius 1 is 1.38 bits per heavy atom. The minimum Gasteiger partial charge on any atom is -0.269 e. The van der Waals surface area contributed by atoms with Gasteiger partial charge in [-0.25, -0.2) is 4.98 Å². The number of pyridine rings is 1. The zero-order chi connectivity index (χ0) is 11.9. The highest BCUT2D eigenvalue weighted by molar-refractivity contribution is 9.10. The van der Waals surface area contributed by atoms with E-state index in [9.17, 15) is 18.0 Å². The summed E-state index contributed by atoms with van der Waals surface area (Å²) in [5.74, 6) is 0. The Morgan fingerprint density at radius 2 is 2.06 bits per heavy atom. The molecule has 0 unspecified atom stereocenters. The van der Waals surface area contributed by atoms with E-state index >= 15 is 0 Å². The molecule has 7 heteroatoms. The molecule has 0 saturated carbocycles. The van der Waals surface area contributed by atoms with Crippen LogP contribution in [-0.4, -0.2) is 9.38 Å². The number of hydrogen-bond acceptors (Lipinski definition) is 2. The van der Waals surface area contributed by atoms with Crippen LogP contribution in [-0.2, 0) is 6.18 Å². The van der Waals surface area contributed by atoms with Crippen LogP contribution in [0.15, 0.2) is 33.8 Å². The van der Waals surface area contributed by atoms with Gasteiger partial charge in [0.15, 0.2) is 5.65 Å². The van der Waals surface area contributed by atoms with Gasteiger partial charge >= 0.3 is 6.18 Å². The molecule has 0 radical (unpaired) electrons. The molecule has 0 fully saturated rings. The lowest BCUT2D eigenvalue weighted by Crippen LogP contribution is -2.17. The first kappa shape index (κ1) is 11.1. The average Bonchev–Trinajstić information content (AvgIpc) is 2.17. The quantitative estimate of drug-likeness (QED) is 0.748. The minimum atomic E-state index is -4.55. The Hall–Kier alpha value is -1.37. The molecule has 0 aromatic carbocycles. The Kier molecular flexibility index (Phi) is 2.49. The molecule has 84 valence electrons. The number of hydrogen-bond donors (Lipinski definition) is 0. The number of rotatable bonds is 0. The molecule has 0 saturated heterocycles. The maximum atomic E-state index is 12.7. The van der Waals surface area contributed by atoms with Gasteiger partial charge in [0.1, 0.15) is 0 Å². The molecule has 0 aliphatic carbocycles. The zero-order valence-corrected chi connectivity index (χ0v) is 9.21. The SMILES string of the molecule is O=c1ccnc2c(C(F)(F)F)cc(Br)cn12. The van der Waals surface area contributed by atoms with Gasteiger partial charge in [-0.1, -0.05) is 0 Å². The molecule has 16 heavy (non-hydrogen) atoms. The molecule has 2 aromatic rings. The smallest absolute Gasteiger partial charge is 0.269 e. The van der Waals surface area contributed by atoms with Crippen molar-refractivity contribution in [2.24, 2.45) is 0 Å². The number of aromatic nitrogens is 2. The van der Waals surface area contributed by atoms with E-state index in [1.54, 1.807) is 0 Å². The van der Waals surface area contributed by atoms with Gasteiger partial charge in [-0.15, -0.1) is 0 Å². The summed E-state index contributed by atoms with van der Waals surface area (Å²) < 4.78 is 39.0. The van der Waals surface area contributed by atoms with Crippen LogP contribution in [0.5, 0.6) is 0 Å². The lowest BCUT2D eigenvalue weighted by molar-refractivity contribution is -0.136. The van der Waals surface area contributed by atoms with Gasteiger partial charge < -0.3 is 0 Å². The van der Waals surface area contributed by atoms with E-state index in [-0.39, 0.29) is 4.47 Å². The highest BCUT2D eigenvalue weighted by Gasteiger charge is 2.34. The molecule has 0 aliphatic rings. The number of halogens is 4. The van der Waals surface area contributed by atoms with Gasteiger partial charge in [-0.3, -0.25) is 9.20 Å². The van der Waals surface area contributed by atoms with E-state index in [2.05, 4.69) is 20.9 Å². The fraction of sp³-hybridized carbons (Fsp3) is 0.111. The number of nitrogens with zero attached hydrogens (tertiary/aromatic N) is 2. The molecule has 0 bridgehead atoms. The summed E-state index contributed by atoms with van der Waals surface area (Å²) in [6, 6.07) is 1.99. The second-order valence-corrected chi connectivity index (χ2v) is 3.96. The monoisotopic (exact) mass is 292 g/mol. The molecular weight excluding hydrogens is 289 g/mol. The molecule has 2 heterocycles. The second kappa shape index (κ2) is 3.58. The first-order chi connectivity index (χ1) is 7.39. The fourth-order valence-electron chi connectivity index (χ4n) is 1.31. The first-order valence-electron chi connectivity index (χ1n) is 4.14. The standard InChI is InChI=1S/C9H4BrF3N2O/c10-5-3-6(9(11,12)13)8-14-2-1-7(16)15(8)4-5/h1-4H.